The third-order valence-corrected chi connectivity index (χ3v) is 5.08. The van der Waals surface area contributed by atoms with E-state index in [4.69, 9.17) is 4.52 Å². The van der Waals surface area contributed by atoms with E-state index in [9.17, 15) is 10.0 Å². The van der Waals surface area contributed by atoms with Crippen LogP contribution >= 0.6 is 0 Å². The summed E-state index contributed by atoms with van der Waals surface area (Å²) in [5.41, 5.74) is 3.47. The molecule has 1 atom stereocenters. The standard InChI is InChI=1S/C20H21N5O3/c26-19(23-27)17(14-5-2-1-3-6-14)25-11-8-15(9-12-25)20-22-18(24-28-20)16-7-4-10-21-13-16/h1-7,10,13,15,17,27H,8-9,11-12H2,(H,23,26). The van der Waals surface area contributed by atoms with Crippen LogP contribution in [0.1, 0.15) is 36.3 Å². The highest BCUT2D eigenvalue weighted by Crippen LogP contribution is 2.32. The van der Waals surface area contributed by atoms with E-state index in [0.717, 1.165) is 24.0 Å². The first-order valence-corrected chi connectivity index (χ1v) is 9.23. The molecule has 2 aromatic heterocycles. The van der Waals surface area contributed by atoms with E-state index in [1.807, 2.05) is 42.5 Å². The van der Waals surface area contributed by atoms with Crippen molar-refractivity contribution in [3.8, 4) is 11.4 Å². The number of aromatic nitrogens is 3. The lowest BCUT2D eigenvalue weighted by molar-refractivity contribution is -0.135. The van der Waals surface area contributed by atoms with Gasteiger partial charge in [0, 0.05) is 23.9 Å². The highest BCUT2D eigenvalue weighted by atomic mass is 16.5. The summed E-state index contributed by atoms with van der Waals surface area (Å²) in [4.78, 5) is 22.9. The molecule has 0 radical (unpaired) electrons. The predicted molar refractivity (Wildman–Crippen MR) is 100 cm³/mol. The number of hydrogen-bond donors (Lipinski definition) is 2. The summed E-state index contributed by atoms with van der Waals surface area (Å²) in [6, 6.07) is 12.7. The summed E-state index contributed by atoms with van der Waals surface area (Å²) in [5, 5.41) is 13.2. The van der Waals surface area contributed by atoms with Gasteiger partial charge in [-0.3, -0.25) is 19.9 Å². The van der Waals surface area contributed by atoms with Gasteiger partial charge in [-0.05, 0) is 43.6 Å². The van der Waals surface area contributed by atoms with Crippen LogP contribution < -0.4 is 5.48 Å². The van der Waals surface area contributed by atoms with Gasteiger partial charge in [0.15, 0.2) is 0 Å². The molecule has 1 amide bonds. The second-order valence-electron chi connectivity index (χ2n) is 6.80. The summed E-state index contributed by atoms with van der Waals surface area (Å²) in [6.07, 6.45) is 4.98. The van der Waals surface area contributed by atoms with Gasteiger partial charge >= 0.3 is 0 Å². The van der Waals surface area contributed by atoms with Crippen molar-refractivity contribution in [3.63, 3.8) is 0 Å². The van der Waals surface area contributed by atoms with E-state index in [1.165, 1.54) is 0 Å². The SMILES string of the molecule is O=C(NO)C(c1ccccc1)N1CCC(c2nc(-c3cccnc3)no2)CC1. The average Bonchev–Trinajstić information content (AvgIpc) is 3.26. The fourth-order valence-electron chi connectivity index (χ4n) is 3.64. The number of hydroxylamine groups is 1. The molecule has 144 valence electrons. The molecule has 1 aliphatic heterocycles. The van der Waals surface area contributed by atoms with Crippen molar-refractivity contribution in [2.75, 3.05) is 13.1 Å². The number of rotatable bonds is 5. The zero-order valence-corrected chi connectivity index (χ0v) is 15.2. The first-order valence-electron chi connectivity index (χ1n) is 9.23. The van der Waals surface area contributed by atoms with E-state index in [2.05, 4.69) is 20.0 Å². The Morgan fingerprint density at radius 2 is 1.96 bits per heavy atom. The maximum Gasteiger partial charge on any atom is 0.265 e. The second-order valence-corrected chi connectivity index (χ2v) is 6.80. The molecule has 1 unspecified atom stereocenters. The van der Waals surface area contributed by atoms with Crippen LogP contribution in [-0.2, 0) is 4.79 Å². The number of likely N-dealkylation sites (tertiary alicyclic amines) is 1. The zero-order valence-electron chi connectivity index (χ0n) is 15.2. The molecular formula is C20H21N5O3. The minimum atomic E-state index is -0.527. The quantitative estimate of drug-likeness (QED) is 0.518. The third kappa shape index (κ3) is 3.78. The monoisotopic (exact) mass is 379 g/mol. The van der Waals surface area contributed by atoms with E-state index < -0.39 is 11.9 Å². The van der Waals surface area contributed by atoms with Crippen LogP contribution in [0.2, 0.25) is 0 Å². The van der Waals surface area contributed by atoms with Gasteiger partial charge in [-0.2, -0.15) is 4.98 Å². The third-order valence-electron chi connectivity index (χ3n) is 5.08. The fourth-order valence-corrected chi connectivity index (χ4v) is 3.64. The Kier molecular flexibility index (Phi) is 5.41. The van der Waals surface area contributed by atoms with Crippen LogP contribution in [0.3, 0.4) is 0 Å². The Morgan fingerprint density at radius 3 is 2.64 bits per heavy atom. The number of hydrogen-bond acceptors (Lipinski definition) is 7. The summed E-state index contributed by atoms with van der Waals surface area (Å²) in [6.45, 7) is 1.37. The van der Waals surface area contributed by atoms with E-state index in [0.29, 0.717) is 24.8 Å². The second kappa shape index (κ2) is 8.28. The van der Waals surface area contributed by atoms with Gasteiger partial charge in [0.25, 0.3) is 5.91 Å². The van der Waals surface area contributed by atoms with Crippen LogP contribution in [-0.4, -0.2) is 44.2 Å². The highest BCUT2D eigenvalue weighted by Gasteiger charge is 2.33. The van der Waals surface area contributed by atoms with Gasteiger partial charge in [-0.1, -0.05) is 35.5 Å². The van der Waals surface area contributed by atoms with Crippen LogP contribution in [0.25, 0.3) is 11.4 Å². The fraction of sp³-hybridized carbons (Fsp3) is 0.300. The van der Waals surface area contributed by atoms with Crippen molar-refractivity contribution in [2.45, 2.75) is 24.8 Å². The smallest absolute Gasteiger partial charge is 0.265 e. The Bertz CT molecular complexity index is 908. The Morgan fingerprint density at radius 1 is 1.18 bits per heavy atom. The van der Waals surface area contributed by atoms with Crippen molar-refractivity contribution < 1.29 is 14.5 Å². The van der Waals surface area contributed by atoms with Crippen molar-refractivity contribution >= 4 is 5.91 Å². The number of nitrogens with zero attached hydrogens (tertiary/aromatic N) is 4. The maximum atomic E-state index is 12.3. The summed E-state index contributed by atoms with van der Waals surface area (Å²) >= 11 is 0. The molecular weight excluding hydrogens is 358 g/mol. The van der Waals surface area contributed by atoms with Crippen molar-refractivity contribution in [1.82, 2.24) is 25.5 Å². The van der Waals surface area contributed by atoms with Gasteiger partial charge in [-0.15, -0.1) is 0 Å². The Hall–Kier alpha value is -3.10. The number of benzene rings is 1. The molecule has 3 aromatic rings. The lowest BCUT2D eigenvalue weighted by Gasteiger charge is -2.35. The normalized spacial score (nSPS) is 16.6. The molecule has 1 saturated heterocycles. The summed E-state index contributed by atoms with van der Waals surface area (Å²) in [5.74, 6) is 0.859. The number of carbonyl (C=O) groups excluding carboxylic acids is 1. The maximum absolute atomic E-state index is 12.3. The molecule has 28 heavy (non-hydrogen) atoms. The highest BCUT2D eigenvalue weighted by molar-refractivity contribution is 5.82. The zero-order chi connectivity index (χ0) is 19.3. The van der Waals surface area contributed by atoms with Crippen LogP contribution in [0.4, 0.5) is 0 Å². The predicted octanol–water partition coefficient (Wildman–Crippen LogP) is 2.56. The van der Waals surface area contributed by atoms with Crippen LogP contribution in [0, 0.1) is 0 Å². The van der Waals surface area contributed by atoms with E-state index in [1.54, 1.807) is 17.9 Å². The summed E-state index contributed by atoms with van der Waals surface area (Å²) < 4.78 is 5.48. The molecule has 1 aliphatic rings. The number of nitrogens with one attached hydrogen (secondary N) is 1. The largest absolute Gasteiger partial charge is 0.339 e. The van der Waals surface area contributed by atoms with Gasteiger partial charge < -0.3 is 4.52 Å². The van der Waals surface area contributed by atoms with Crippen LogP contribution in [0.15, 0.2) is 59.4 Å². The van der Waals surface area contributed by atoms with E-state index >= 15 is 0 Å². The Balaban J connectivity index is 1.45. The molecule has 1 fully saturated rings. The number of amides is 1. The molecule has 8 nitrogen and oxygen atoms in total. The van der Waals surface area contributed by atoms with Gasteiger partial charge in [0.1, 0.15) is 6.04 Å². The van der Waals surface area contributed by atoms with E-state index in [-0.39, 0.29) is 5.92 Å². The number of carbonyl (C=O) groups is 1. The van der Waals surface area contributed by atoms with Crippen LogP contribution in [0.5, 0.6) is 0 Å². The lowest BCUT2D eigenvalue weighted by Crippen LogP contribution is -2.43. The minimum absolute atomic E-state index is 0.141. The van der Waals surface area contributed by atoms with Gasteiger partial charge in [-0.25, -0.2) is 5.48 Å². The van der Waals surface area contributed by atoms with Crippen molar-refractivity contribution in [2.24, 2.45) is 0 Å². The molecule has 0 bridgehead atoms. The van der Waals surface area contributed by atoms with Crippen molar-refractivity contribution in [3.05, 3.63) is 66.3 Å². The molecule has 2 N–H and O–H groups in total. The van der Waals surface area contributed by atoms with Gasteiger partial charge in [0.2, 0.25) is 11.7 Å². The average molecular weight is 379 g/mol. The topological polar surface area (TPSA) is 104 Å². The molecule has 0 spiro atoms. The first kappa shape index (κ1) is 18.3. The molecule has 0 aliphatic carbocycles. The molecule has 3 heterocycles. The molecule has 1 aromatic carbocycles. The van der Waals surface area contributed by atoms with Gasteiger partial charge in [0.05, 0.1) is 0 Å². The minimum Gasteiger partial charge on any atom is -0.339 e. The first-order chi connectivity index (χ1) is 13.8. The number of pyridine rings is 1. The number of piperidine rings is 1. The molecule has 0 saturated carbocycles. The van der Waals surface area contributed by atoms with Crippen molar-refractivity contribution in [1.29, 1.82) is 0 Å². The summed E-state index contributed by atoms with van der Waals surface area (Å²) in [7, 11) is 0. The molecule has 4 rings (SSSR count). The lowest BCUT2D eigenvalue weighted by atomic mass is 9.94. The molecule has 8 heteroatoms. The Labute approximate surface area is 162 Å².